The molecule has 32 heavy (non-hydrogen) atoms. The average molecular weight is 429 g/mol. The zero-order valence-corrected chi connectivity index (χ0v) is 17.6. The molecule has 3 heterocycles. The van der Waals surface area contributed by atoms with Crippen molar-refractivity contribution in [3.05, 3.63) is 77.7 Å². The molecule has 2 aliphatic heterocycles. The summed E-state index contributed by atoms with van der Waals surface area (Å²) in [6.07, 6.45) is 3.34. The molecule has 0 saturated carbocycles. The number of hydrogen-bond acceptors (Lipinski definition) is 5. The monoisotopic (exact) mass is 429 g/mol. The van der Waals surface area contributed by atoms with Crippen LogP contribution in [0.2, 0.25) is 0 Å². The van der Waals surface area contributed by atoms with E-state index in [0.717, 1.165) is 21.9 Å². The van der Waals surface area contributed by atoms with E-state index in [-0.39, 0.29) is 17.6 Å². The molecule has 0 bridgehead atoms. The first kappa shape index (κ1) is 20.2. The molecule has 3 N–H and O–H groups in total. The van der Waals surface area contributed by atoms with Crippen molar-refractivity contribution >= 4 is 33.9 Å². The number of nitrogens with two attached hydrogens (primary N) is 1. The number of benzene rings is 2. The second-order valence-electron chi connectivity index (χ2n) is 8.52. The maximum Gasteiger partial charge on any atom is 0.235 e. The van der Waals surface area contributed by atoms with Gasteiger partial charge in [0.05, 0.1) is 29.7 Å². The highest BCUT2D eigenvalue weighted by Crippen LogP contribution is 2.47. The lowest BCUT2D eigenvalue weighted by Crippen LogP contribution is -2.62. The molecule has 0 spiro atoms. The van der Waals surface area contributed by atoms with Gasteiger partial charge >= 0.3 is 0 Å². The summed E-state index contributed by atoms with van der Waals surface area (Å²) in [7, 11) is 0. The van der Waals surface area contributed by atoms with Gasteiger partial charge in [-0.1, -0.05) is 24.3 Å². The van der Waals surface area contributed by atoms with Crippen LogP contribution in [0.4, 0.5) is 5.69 Å². The topological polar surface area (TPSA) is 111 Å². The molecule has 1 aromatic heterocycles. The van der Waals surface area contributed by atoms with Crippen molar-refractivity contribution in [1.29, 1.82) is 0 Å². The van der Waals surface area contributed by atoms with Gasteiger partial charge in [-0.05, 0) is 47.4 Å². The van der Waals surface area contributed by atoms with Crippen LogP contribution in [0.25, 0.3) is 16.3 Å². The fourth-order valence-electron chi connectivity index (χ4n) is 4.98. The minimum atomic E-state index is -1.37. The second kappa shape index (κ2) is 7.46. The van der Waals surface area contributed by atoms with Gasteiger partial charge in [0.2, 0.25) is 5.91 Å². The summed E-state index contributed by atoms with van der Waals surface area (Å²) < 4.78 is 2.00. The van der Waals surface area contributed by atoms with Crippen molar-refractivity contribution in [1.82, 2.24) is 4.90 Å². The Morgan fingerprint density at radius 3 is 2.66 bits per heavy atom. The minimum Gasteiger partial charge on any atom is -0.543 e. The number of hydrogen-bond donors (Lipinski definition) is 2. The molecule has 3 aromatic rings. The van der Waals surface area contributed by atoms with Crippen LogP contribution in [0.5, 0.6) is 0 Å². The lowest BCUT2D eigenvalue weighted by Gasteiger charge is -2.45. The Bertz CT molecular complexity index is 1280. The van der Waals surface area contributed by atoms with Gasteiger partial charge in [-0.3, -0.25) is 4.79 Å². The molecule has 1 fully saturated rings. The number of aliphatic carboxylic acids is 1. The maximum atomic E-state index is 12.6. The number of nitrogens with zero attached hydrogens (tertiary/aromatic N) is 2. The molecule has 7 nitrogen and oxygen atoms in total. The molecule has 162 valence electrons. The summed E-state index contributed by atoms with van der Waals surface area (Å²) in [4.78, 5) is 25.9. The zero-order valence-electron chi connectivity index (χ0n) is 17.6. The number of carboxylic acids is 1. The highest BCUT2D eigenvalue weighted by molar-refractivity contribution is 6.06. The van der Waals surface area contributed by atoms with E-state index in [0.29, 0.717) is 24.2 Å². The van der Waals surface area contributed by atoms with Crippen molar-refractivity contribution in [3.8, 4) is 0 Å². The van der Waals surface area contributed by atoms with Gasteiger partial charge in [-0.2, -0.15) is 0 Å². The molecule has 0 aliphatic carbocycles. The molecule has 1 amide bonds. The predicted molar refractivity (Wildman–Crippen MR) is 116 cm³/mol. The van der Waals surface area contributed by atoms with Crippen molar-refractivity contribution in [2.45, 2.75) is 32.0 Å². The molecule has 5 rings (SSSR count). The zero-order chi connectivity index (χ0) is 22.6. The van der Waals surface area contributed by atoms with Crippen LogP contribution >= 0.6 is 0 Å². The van der Waals surface area contributed by atoms with Crippen LogP contribution in [0, 0.1) is 5.92 Å². The van der Waals surface area contributed by atoms with Crippen LogP contribution in [0.3, 0.4) is 0 Å². The Hall–Kier alpha value is -3.71. The normalized spacial score (nSPS) is 20.9. The number of β-lactam (4-membered cyclic amide) rings is 1. The molecular formula is C25H23N3O4. The van der Waals surface area contributed by atoms with E-state index in [1.54, 1.807) is 6.92 Å². The average Bonchev–Trinajstić information content (AvgIpc) is 3.10. The lowest BCUT2D eigenvalue weighted by atomic mass is 9.82. The standard InChI is InChI=1S/C25H23N3O4/c1-14(29)22-21-12-20(23(25(31)32)28(21)24(22)30)16-10-15-4-2-3-5-19(15)17(11-16)13-27-8-6-18(26)7-9-27/h2-11,14,21-22,26,29H,12-13H2,1H3,(H,31,32)/t14-,21-,22-/m1/s1. The van der Waals surface area contributed by atoms with Crippen LogP contribution in [0.15, 0.2) is 66.6 Å². The molecule has 0 radical (unpaired) electrons. The van der Waals surface area contributed by atoms with Gasteiger partial charge in [0, 0.05) is 23.4 Å². The highest BCUT2D eigenvalue weighted by atomic mass is 16.4. The molecular weight excluding hydrogens is 406 g/mol. The molecule has 1 saturated heterocycles. The van der Waals surface area contributed by atoms with Gasteiger partial charge in [0.25, 0.3) is 0 Å². The lowest BCUT2D eigenvalue weighted by molar-refractivity contribution is -0.688. The van der Waals surface area contributed by atoms with E-state index < -0.39 is 18.0 Å². The quantitative estimate of drug-likeness (QED) is 0.461. The number of rotatable bonds is 5. The van der Waals surface area contributed by atoms with Crippen molar-refractivity contribution in [2.75, 3.05) is 5.73 Å². The van der Waals surface area contributed by atoms with Crippen molar-refractivity contribution in [2.24, 2.45) is 5.92 Å². The summed E-state index contributed by atoms with van der Waals surface area (Å²) in [6.45, 7) is 2.14. The summed E-state index contributed by atoms with van der Waals surface area (Å²) in [5.74, 6) is -2.33. The fraction of sp³-hybridized carbons (Fsp3) is 0.240. The van der Waals surface area contributed by atoms with E-state index in [1.807, 2.05) is 65.5 Å². The Balaban J connectivity index is 1.62. The van der Waals surface area contributed by atoms with E-state index >= 15 is 0 Å². The number of aromatic nitrogens is 1. The second-order valence-corrected chi connectivity index (χ2v) is 8.52. The number of carbonyl (C=O) groups excluding carboxylic acids is 2. The van der Waals surface area contributed by atoms with E-state index in [9.17, 15) is 19.8 Å². The third-order valence-electron chi connectivity index (χ3n) is 6.49. The minimum absolute atomic E-state index is 0.0849. The number of carbonyl (C=O) groups is 2. The van der Waals surface area contributed by atoms with Gasteiger partial charge in [-0.15, -0.1) is 0 Å². The summed E-state index contributed by atoms with van der Waals surface area (Å²) in [6, 6.07) is 15.2. The van der Waals surface area contributed by atoms with Crippen LogP contribution < -0.4 is 15.4 Å². The largest absolute Gasteiger partial charge is 0.543 e. The Kier molecular flexibility index (Phi) is 4.71. The number of carboxylic acid groups (broad SMARTS) is 1. The van der Waals surface area contributed by atoms with Gasteiger partial charge < -0.3 is 25.6 Å². The third-order valence-corrected chi connectivity index (χ3v) is 6.49. The SMILES string of the molecule is C[C@@H](O)[C@H]1C(=O)N2C(C(=O)[O-])=C(c3cc(C[n+]4ccc(N)cc4)c4ccccc4c3)C[C@H]12. The molecule has 3 atom stereocenters. The van der Waals surface area contributed by atoms with Crippen LogP contribution in [-0.4, -0.2) is 34.0 Å². The number of amides is 1. The van der Waals surface area contributed by atoms with Crippen molar-refractivity contribution < 1.29 is 24.4 Å². The van der Waals surface area contributed by atoms with E-state index in [2.05, 4.69) is 0 Å². The van der Waals surface area contributed by atoms with Gasteiger partial charge in [-0.25, -0.2) is 4.57 Å². The van der Waals surface area contributed by atoms with Gasteiger partial charge in [0.15, 0.2) is 18.9 Å². The number of pyridine rings is 1. The smallest absolute Gasteiger partial charge is 0.235 e. The number of nitrogen functional groups attached to an aromatic ring is 1. The highest BCUT2D eigenvalue weighted by Gasteiger charge is 2.55. The van der Waals surface area contributed by atoms with E-state index in [1.165, 1.54) is 4.90 Å². The summed E-state index contributed by atoms with van der Waals surface area (Å²) >= 11 is 0. The first-order valence-electron chi connectivity index (χ1n) is 10.6. The molecule has 7 heteroatoms. The first-order chi connectivity index (χ1) is 15.3. The Morgan fingerprint density at radius 1 is 1.25 bits per heavy atom. The Labute approximate surface area is 185 Å². The number of aliphatic hydroxyl groups excluding tert-OH is 1. The first-order valence-corrected chi connectivity index (χ1v) is 10.6. The Morgan fingerprint density at radius 2 is 1.97 bits per heavy atom. The predicted octanol–water partition coefficient (Wildman–Crippen LogP) is 0.830. The maximum absolute atomic E-state index is 12.6. The fourth-order valence-corrected chi connectivity index (χ4v) is 4.98. The van der Waals surface area contributed by atoms with Crippen LogP contribution in [0.1, 0.15) is 24.5 Å². The summed E-state index contributed by atoms with van der Waals surface area (Å²) in [5.41, 5.74) is 8.74. The van der Waals surface area contributed by atoms with Crippen molar-refractivity contribution in [3.63, 3.8) is 0 Å². The third kappa shape index (κ3) is 3.13. The number of anilines is 1. The van der Waals surface area contributed by atoms with E-state index in [4.69, 9.17) is 5.73 Å². The molecule has 2 aliphatic rings. The number of aliphatic hydroxyl groups is 1. The molecule has 0 unspecified atom stereocenters. The number of fused-ring (bicyclic) bond motifs is 2. The van der Waals surface area contributed by atoms with Crippen LogP contribution in [-0.2, 0) is 16.1 Å². The summed E-state index contributed by atoms with van der Waals surface area (Å²) in [5, 5.41) is 24.1. The van der Waals surface area contributed by atoms with Gasteiger partial charge in [0.1, 0.15) is 0 Å². The molecule has 2 aromatic carbocycles.